The number of nitrogens with zero attached hydrogens (tertiary/aromatic N) is 2. The third-order valence-corrected chi connectivity index (χ3v) is 7.11. The van der Waals surface area contributed by atoms with Gasteiger partial charge in [-0.25, -0.2) is 0 Å². The quantitative estimate of drug-likeness (QED) is 0.510. The molecule has 0 bridgehead atoms. The Bertz CT molecular complexity index is 950. The van der Waals surface area contributed by atoms with Crippen molar-refractivity contribution in [3.8, 4) is 5.75 Å². The molecule has 1 amide bonds. The van der Waals surface area contributed by atoms with E-state index < -0.39 is 17.3 Å². The molecule has 0 fully saturated rings. The van der Waals surface area contributed by atoms with Crippen LogP contribution >= 0.6 is 23.4 Å². The monoisotopic (exact) mass is 476 g/mol. The second-order valence-electron chi connectivity index (χ2n) is 7.47. The summed E-state index contributed by atoms with van der Waals surface area (Å²) in [6.07, 6.45) is -0.964. The summed E-state index contributed by atoms with van der Waals surface area (Å²) in [6, 6.07) is 13.0. The molecule has 0 N–H and O–H groups in total. The number of carbonyl (C=O) groups excluding carboxylic acids is 2. The highest BCUT2D eigenvalue weighted by Gasteiger charge is 2.40. The number of rotatable bonds is 8. The maximum Gasteiger partial charge on any atom is 0.303 e. The van der Waals surface area contributed by atoms with E-state index in [-0.39, 0.29) is 5.91 Å². The third-order valence-electron chi connectivity index (χ3n) is 5.52. The van der Waals surface area contributed by atoms with Crippen LogP contribution in [0.25, 0.3) is 0 Å². The van der Waals surface area contributed by atoms with E-state index in [4.69, 9.17) is 21.1 Å². The zero-order valence-electron chi connectivity index (χ0n) is 18.8. The van der Waals surface area contributed by atoms with Crippen LogP contribution < -0.4 is 9.64 Å². The van der Waals surface area contributed by atoms with Crippen LogP contribution in [0.1, 0.15) is 31.6 Å². The molecular formula is C24H29ClN2O4S. The fraction of sp³-hybridized carbons (Fsp3) is 0.417. The maximum atomic E-state index is 13.8. The number of fused-ring (bicyclic) bond motifs is 1. The highest BCUT2D eigenvalue weighted by molar-refractivity contribution is 7.99. The molecule has 2 atom stereocenters. The number of amides is 1. The summed E-state index contributed by atoms with van der Waals surface area (Å²) in [4.78, 5) is 30.6. The molecule has 3 rings (SSSR count). The minimum absolute atomic E-state index is 0.234. The van der Waals surface area contributed by atoms with Gasteiger partial charge in [0.25, 0.3) is 5.91 Å². The Balaban J connectivity index is 2.06. The van der Waals surface area contributed by atoms with Crippen molar-refractivity contribution in [1.29, 1.82) is 0 Å². The van der Waals surface area contributed by atoms with E-state index in [0.29, 0.717) is 23.9 Å². The Morgan fingerprint density at radius 2 is 1.84 bits per heavy atom. The van der Waals surface area contributed by atoms with Gasteiger partial charge in [-0.2, -0.15) is 0 Å². The zero-order chi connectivity index (χ0) is 23.3. The first kappa shape index (κ1) is 24.4. The molecule has 0 unspecified atom stereocenters. The van der Waals surface area contributed by atoms with E-state index in [1.165, 1.54) is 18.7 Å². The highest BCUT2D eigenvalue weighted by atomic mass is 35.5. The molecule has 1 aliphatic rings. The van der Waals surface area contributed by atoms with Crippen LogP contribution in [-0.4, -0.2) is 56.2 Å². The van der Waals surface area contributed by atoms with Crippen molar-refractivity contribution in [3.63, 3.8) is 0 Å². The third kappa shape index (κ3) is 5.57. The fourth-order valence-corrected chi connectivity index (χ4v) is 5.34. The molecule has 0 aliphatic carbocycles. The predicted molar refractivity (Wildman–Crippen MR) is 129 cm³/mol. The average molecular weight is 477 g/mol. The largest absolute Gasteiger partial charge is 0.497 e. The number of likely N-dealkylation sites (N-methyl/N-ethyl adjacent to an activating group) is 1. The lowest BCUT2D eigenvalue weighted by Crippen LogP contribution is -2.45. The Morgan fingerprint density at radius 3 is 2.44 bits per heavy atom. The van der Waals surface area contributed by atoms with Gasteiger partial charge in [-0.3, -0.25) is 9.59 Å². The van der Waals surface area contributed by atoms with Crippen molar-refractivity contribution in [2.45, 2.75) is 37.0 Å². The summed E-state index contributed by atoms with van der Waals surface area (Å²) in [5.41, 5.74) is 1.65. The summed E-state index contributed by atoms with van der Waals surface area (Å²) in [7, 11) is 1.60. The van der Waals surface area contributed by atoms with E-state index in [9.17, 15) is 9.59 Å². The first-order valence-electron chi connectivity index (χ1n) is 10.7. The summed E-state index contributed by atoms with van der Waals surface area (Å²) < 4.78 is 10.9. The van der Waals surface area contributed by atoms with Gasteiger partial charge in [0.05, 0.1) is 18.0 Å². The number of ether oxygens (including phenoxy) is 2. The molecule has 0 aromatic heterocycles. The number of carbonyl (C=O) groups is 2. The first-order valence-corrected chi connectivity index (χ1v) is 11.9. The highest BCUT2D eigenvalue weighted by Crippen LogP contribution is 2.47. The van der Waals surface area contributed by atoms with Gasteiger partial charge in [-0.05, 0) is 49.0 Å². The van der Waals surface area contributed by atoms with Gasteiger partial charge >= 0.3 is 5.97 Å². The van der Waals surface area contributed by atoms with E-state index in [1.807, 2.05) is 36.4 Å². The number of methoxy groups -OCH3 is 1. The lowest BCUT2D eigenvalue weighted by atomic mass is 10.1. The number of hydrogen-bond acceptors (Lipinski definition) is 6. The normalized spacial score (nSPS) is 18.3. The van der Waals surface area contributed by atoms with Gasteiger partial charge in [0, 0.05) is 29.9 Å². The maximum absolute atomic E-state index is 13.8. The average Bonchev–Trinajstić information content (AvgIpc) is 2.89. The van der Waals surface area contributed by atoms with Crippen molar-refractivity contribution in [1.82, 2.24) is 4.90 Å². The van der Waals surface area contributed by atoms with Crippen molar-refractivity contribution >= 4 is 40.9 Å². The summed E-state index contributed by atoms with van der Waals surface area (Å²) >= 11 is 7.80. The Kier molecular flexibility index (Phi) is 8.45. The van der Waals surface area contributed by atoms with Crippen molar-refractivity contribution < 1.29 is 19.1 Å². The van der Waals surface area contributed by atoms with Crippen LogP contribution in [0.4, 0.5) is 5.69 Å². The zero-order valence-corrected chi connectivity index (χ0v) is 20.4. The van der Waals surface area contributed by atoms with E-state index in [2.05, 4.69) is 18.7 Å². The smallest absolute Gasteiger partial charge is 0.303 e. The number of esters is 1. The molecule has 8 heteroatoms. The SMILES string of the molecule is CCN(CC)CCN1C(=O)[C@H](OC(C)=O)[C@H](c2ccc(OC)cc2)Sc2cc(Cl)ccc21. The van der Waals surface area contributed by atoms with Gasteiger partial charge in [0.1, 0.15) is 5.75 Å². The molecule has 1 heterocycles. The lowest BCUT2D eigenvalue weighted by molar-refractivity contribution is -0.152. The van der Waals surface area contributed by atoms with Crippen LogP contribution in [0.3, 0.4) is 0 Å². The van der Waals surface area contributed by atoms with Crippen molar-refractivity contribution in [3.05, 3.63) is 53.1 Å². The topological polar surface area (TPSA) is 59.1 Å². The molecule has 0 saturated heterocycles. The minimum atomic E-state index is -0.964. The molecule has 2 aromatic carbocycles. The molecule has 2 aromatic rings. The lowest BCUT2D eigenvalue weighted by Gasteiger charge is -2.29. The van der Waals surface area contributed by atoms with Gasteiger partial charge in [-0.1, -0.05) is 37.6 Å². The van der Waals surface area contributed by atoms with E-state index in [0.717, 1.165) is 29.2 Å². The minimum Gasteiger partial charge on any atom is -0.497 e. The molecule has 32 heavy (non-hydrogen) atoms. The van der Waals surface area contributed by atoms with Crippen LogP contribution in [0, 0.1) is 0 Å². The summed E-state index contributed by atoms with van der Waals surface area (Å²) in [5, 5.41) is 0.166. The predicted octanol–water partition coefficient (Wildman–Crippen LogP) is 4.80. The number of hydrogen-bond donors (Lipinski definition) is 0. The van der Waals surface area contributed by atoms with Gasteiger partial charge < -0.3 is 19.3 Å². The van der Waals surface area contributed by atoms with Crippen LogP contribution in [-0.2, 0) is 14.3 Å². The fourth-order valence-electron chi connectivity index (χ4n) is 3.75. The Morgan fingerprint density at radius 1 is 1.16 bits per heavy atom. The summed E-state index contributed by atoms with van der Waals surface area (Å²) in [6.45, 7) is 8.51. The molecule has 172 valence electrons. The second kappa shape index (κ2) is 11.1. The van der Waals surface area contributed by atoms with Crippen molar-refractivity contribution in [2.24, 2.45) is 0 Å². The molecule has 0 radical (unpaired) electrons. The first-order chi connectivity index (χ1) is 15.4. The Labute approximate surface area is 198 Å². The van der Waals surface area contributed by atoms with Crippen LogP contribution in [0.2, 0.25) is 5.02 Å². The van der Waals surface area contributed by atoms with Crippen LogP contribution in [0.5, 0.6) is 5.75 Å². The van der Waals surface area contributed by atoms with Crippen molar-refractivity contribution in [2.75, 3.05) is 38.2 Å². The van der Waals surface area contributed by atoms with Crippen LogP contribution in [0.15, 0.2) is 47.4 Å². The van der Waals surface area contributed by atoms with Gasteiger partial charge in [0.2, 0.25) is 0 Å². The van der Waals surface area contributed by atoms with E-state index in [1.54, 1.807) is 18.1 Å². The number of halogens is 1. The van der Waals surface area contributed by atoms with E-state index >= 15 is 0 Å². The molecular weight excluding hydrogens is 448 g/mol. The number of benzene rings is 2. The molecule has 0 saturated carbocycles. The Hall–Kier alpha value is -2.22. The second-order valence-corrected chi connectivity index (χ2v) is 9.09. The molecule has 1 aliphatic heterocycles. The number of thioether (sulfide) groups is 1. The standard InChI is InChI=1S/C24H29ClN2O4S/c1-5-26(6-2)13-14-27-20-12-9-18(25)15-21(20)32-23(22(24(27)29)31-16(3)28)17-7-10-19(30-4)11-8-17/h7-12,15,22-23H,5-6,13-14H2,1-4H3/t22-,23+/m1/s1. The molecule has 0 spiro atoms. The number of anilines is 1. The summed E-state index contributed by atoms with van der Waals surface area (Å²) in [5.74, 6) is -0.0103. The van der Waals surface area contributed by atoms with Gasteiger partial charge in [0.15, 0.2) is 6.10 Å². The van der Waals surface area contributed by atoms with Gasteiger partial charge in [-0.15, -0.1) is 11.8 Å². The molecule has 6 nitrogen and oxygen atoms in total.